The van der Waals surface area contributed by atoms with Crippen LogP contribution in [0.5, 0.6) is 0 Å². The molecule has 0 bridgehead atoms. The van der Waals surface area contributed by atoms with Gasteiger partial charge in [0.15, 0.2) is 0 Å². The van der Waals surface area contributed by atoms with E-state index in [1.54, 1.807) is 12.1 Å². The minimum absolute atomic E-state index is 0.0366. The number of rotatable bonds is 8. The minimum atomic E-state index is -0.884. The van der Waals surface area contributed by atoms with Gasteiger partial charge in [0.25, 0.3) is 0 Å². The quantitative estimate of drug-likeness (QED) is 0.696. The summed E-state index contributed by atoms with van der Waals surface area (Å²) in [4.78, 5) is 22.2. The molecule has 0 aromatic heterocycles. The van der Waals surface area contributed by atoms with Crippen molar-refractivity contribution in [2.24, 2.45) is 0 Å². The summed E-state index contributed by atoms with van der Waals surface area (Å²) in [5.41, 5.74) is 1.53. The van der Waals surface area contributed by atoms with Gasteiger partial charge in [-0.05, 0) is 17.5 Å². The number of carbonyl (C=O) groups is 2. The monoisotopic (exact) mass is 265 g/mol. The zero-order chi connectivity index (χ0) is 14.1. The summed E-state index contributed by atoms with van der Waals surface area (Å²) in [6.07, 6.45) is 0.826. The van der Waals surface area contributed by atoms with Crippen LogP contribution in [0.15, 0.2) is 24.3 Å². The van der Waals surface area contributed by atoms with Gasteiger partial charge in [0, 0.05) is 13.2 Å². The van der Waals surface area contributed by atoms with Crippen molar-refractivity contribution in [2.45, 2.75) is 26.3 Å². The molecule has 0 fully saturated rings. The average Bonchev–Trinajstić information content (AvgIpc) is 2.37. The maximum absolute atomic E-state index is 11.5. The third-order valence-corrected chi connectivity index (χ3v) is 2.52. The lowest BCUT2D eigenvalue weighted by molar-refractivity contribution is -0.136. The molecule has 5 heteroatoms. The highest BCUT2D eigenvalue weighted by Gasteiger charge is 2.07. The number of carboxylic acid groups (broad SMARTS) is 1. The molecule has 19 heavy (non-hydrogen) atoms. The van der Waals surface area contributed by atoms with E-state index in [9.17, 15) is 9.59 Å². The molecule has 0 heterocycles. The fourth-order valence-corrected chi connectivity index (χ4v) is 1.62. The van der Waals surface area contributed by atoms with E-state index in [1.807, 2.05) is 19.1 Å². The number of carbonyl (C=O) groups excluding carboxylic acids is 1. The Hall–Kier alpha value is -1.88. The first-order valence-electron chi connectivity index (χ1n) is 6.26. The molecule has 0 atom stereocenters. The lowest BCUT2D eigenvalue weighted by Crippen LogP contribution is -2.27. The Morgan fingerprint density at radius 1 is 1.26 bits per heavy atom. The fourth-order valence-electron chi connectivity index (χ4n) is 1.62. The number of hydrogen-bond donors (Lipinski definition) is 2. The Morgan fingerprint density at radius 2 is 1.95 bits per heavy atom. The Kier molecular flexibility index (Phi) is 6.60. The first kappa shape index (κ1) is 15.2. The number of nitrogens with one attached hydrogen (secondary N) is 1. The van der Waals surface area contributed by atoms with Gasteiger partial charge < -0.3 is 15.2 Å². The molecule has 0 aliphatic rings. The zero-order valence-electron chi connectivity index (χ0n) is 11.0. The second-order valence-corrected chi connectivity index (χ2v) is 4.17. The van der Waals surface area contributed by atoms with E-state index < -0.39 is 5.97 Å². The van der Waals surface area contributed by atoms with E-state index in [-0.39, 0.29) is 18.9 Å². The lowest BCUT2D eigenvalue weighted by atomic mass is 10.0. The molecule has 1 aromatic rings. The summed E-state index contributed by atoms with van der Waals surface area (Å²) in [7, 11) is 0. The molecule has 0 spiro atoms. The summed E-state index contributed by atoms with van der Waals surface area (Å²) in [5, 5.41) is 11.5. The summed E-state index contributed by atoms with van der Waals surface area (Å²) in [6, 6.07) is 7.17. The second kappa shape index (κ2) is 8.26. The van der Waals surface area contributed by atoms with Crippen molar-refractivity contribution in [2.75, 3.05) is 13.2 Å². The Labute approximate surface area is 112 Å². The van der Waals surface area contributed by atoms with Crippen LogP contribution in [-0.4, -0.2) is 30.2 Å². The van der Waals surface area contributed by atoms with Crippen molar-refractivity contribution >= 4 is 11.9 Å². The van der Waals surface area contributed by atoms with E-state index in [4.69, 9.17) is 9.84 Å². The highest BCUT2D eigenvalue weighted by Crippen LogP contribution is 2.09. The molecule has 0 radical (unpaired) electrons. The molecule has 104 valence electrons. The average molecular weight is 265 g/mol. The number of hydrogen-bond acceptors (Lipinski definition) is 3. The summed E-state index contributed by atoms with van der Waals surface area (Å²) in [5.74, 6) is -1.08. The molecular formula is C14H19NO4. The number of amides is 1. The lowest BCUT2D eigenvalue weighted by Gasteiger charge is -2.09. The standard InChI is InChI=1S/C14H19NO4/c1-2-7-19-10-13(16)15-9-12-6-4-3-5-11(12)8-14(17)18/h3-6H,2,7-10H2,1H3,(H,15,16)(H,17,18). The Morgan fingerprint density at radius 3 is 2.58 bits per heavy atom. The van der Waals surface area contributed by atoms with Crippen LogP contribution in [-0.2, 0) is 27.3 Å². The highest BCUT2D eigenvalue weighted by atomic mass is 16.5. The van der Waals surface area contributed by atoms with Crippen molar-refractivity contribution in [3.8, 4) is 0 Å². The SMILES string of the molecule is CCCOCC(=O)NCc1ccccc1CC(=O)O. The first-order chi connectivity index (χ1) is 9.13. The van der Waals surface area contributed by atoms with E-state index in [2.05, 4.69) is 5.32 Å². The van der Waals surface area contributed by atoms with Gasteiger partial charge in [-0.15, -0.1) is 0 Å². The predicted octanol–water partition coefficient (Wildman–Crippen LogP) is 1.36. The van der Waals surface area contributed by atoms with Crippen molar-refractivity contribution in [3.05, 3.63) is 35.4 Å². The zero-order valence-corrected chi connectivity index (χ0v) is 11.0. The minimum Gasteiger partial charge on any atom is -0.481 e. The van der Waals surface area contributed by atoms with Crippen molar-refractivity contribution in [3.63, 3.8) is 0 Å². The van der Waals surface area contributed by atoms with E-state index in [0.29, 0.717) is 18.7 Å². The van der Waals surface area contributed by atoms with Crippen LogP contribution in [0.2, 0.25) is 0 Å². The molecule has 5 nitrogen and oxygen atoms in total. The Balaban J connectivity index is 2.48. The van der Waals surface area contributed by atoms with Gasteiger partial charge in [-0.25, -0.2) is 0 Å². The van der Waals surface area contributed by atoms with Crippen LogP contribution < -0.4 is 5.32 Å². The first-order valence-corrected chi connectivity index (χ1v) is 6.26. The normalized spacial score (nSPS) is 10.2. The van der Waals surface area contributed by atoms with E-state index in [1.165, 1.54) is 0 Å². The fraction of sp³-hybridized carbons (Fsp3) is 0.429. The maximum atomic E-state index is 11.5. The van der Waals surface area contributed by atoms with Gasteiger partial charge >= 0.3 is 5.97 Å². The van der Waals surface area contributed by atoms with Crippen LogP contribution >= 0.6 is 0 Å². The van der Waals surface area contributed by atoms with Crippen LogP contribution in [0.25, 0.3) is 0 Å². The molecule has 0 unspecified atom stereocenters. The van der Waals surface area contributed by atoms with Gasteiger partial charge in [0.05, 0.1) is 6.42 Å². The maximum Gasteiger partial charge on any atom is 0.307 e. The third kappa shape index (κ3) is 6.01. The van der Waals surface area contributed by atoms with Gasteiger partial charge in [0.2, 0.25) is 5.91 Å². The molecule has 1 aromatic carbocycles. The van der Waals surface area contributed by atoms with Gasteiger partial charge in [-0.3, -0.25) is 9.59 Å². The second-order valence-electron chi connectivity index (χ2n) is 4.17. The smallest absolute Gasteiger partial charge is 0.307 e. The molecule has 2 N–H and O–H groups in total. The van der Waals surface area contributed by atoms with E-state index >= 15 is 0 Å². The number of carboxylic acids is 1. The predicted molar refractivity (Wildman–Crippen MR) is 70.7 cm³/mol. The summed E-state index contributed by atoms with van der Waals surface area (Å²) < 4.78 is 5.12. The topological polar surface area (TPSA) is 75.6 Å². The van der Waals surface area contributed by atoms with Crippen LogP contribution in [0, 0.1) is 0 Å². The molecule has 0 saturated heterocycles. The molecule has 0 aliphatic heterocycles. The van der Waals surface area contributed by atoms with Gasteiger partial charge in [-0.2, -0.15) is 0 Å². The van der Waals surface area contributed by atoms with Crippen LogP contribution in [0.4, 0.5) is 0 Å². The summed E-state index contributed by atoms with van der Waals surface area (Å²) in [6.45, 7) is 2.88. The summed E-state index contributed by atoms with van der Waals surface area (Å²) >= 11 is 0. The van der Waals surface area contributed by atoms with Crippen molar-refractivity contribution in [1.29, 1.82) is 0 Å². The number of ether oxygens (including phenoxy) is 1. The van der Waals surface area contributed by atoms with E-state index in [0.717, 1.165) is 12.0 Å². The van der Waals surface area contributed by atoms with Crippen molar-refractivity contribution in [1.82, 2.24) is 5.32 Å². The van der Waals surface area contributed by atoms with Crippen LogP contribution in [0.1, 0.15) is 24.5 Å². The van der Waals surface area contributed by atoms with Crippen molar-refractivity contribution < 1.29 is 19.4 Å². The molecule has 0 saturated carbocycles. The Bertz CT molecular complexity index is 431. The third-order valence-electron chi connectivity index (χ3n) is 2.52. The number of benzene rings is 1. The van der Waals surface area contributed by atoms with Gasteiger partial charge in [-0.1, -0.05) is 31.2 Å². The largest absolute Gasteiger partial charge is 0.481 e. The highest BCUT2D eigenvalue weighted by molar-refractivity contribution is 5.77. The molecule has 1 rings (SSSR count). The van der Waals surface area contributed by atoms with Gasteiger partial charge in [0.1, 0.15) is 6.61 Å². The number of aliphatic carboxylic acids is 1. The molecule has 1 amide bonds. The molecule has 0 aliphatic carbocycles. The van der Waals surface area contributed by atoms with Crippen LogP contribution in [0.3, 0.4) is 0 Å². The molecular weight excluding hydrogens is 246 g/mol.